The van der Waals surface area contributed by atoms with Crippen LogP contribution in [-0.4, -0.2) is 17.6 Å². The Hall–Kier alpha value is -1.56. The SMILES string of the molecule is NCC(C(=O)O)c1ccc(C(F)(F)F)cc1. The Balaban J connectivity index is 2.98. The number of carboxylic acid groups (broad SMARTS) is 1. The molecule has 0 bridgehead atoms. The summed E-state index contributed by atoms with van der Waals surface area (Å²) >= 11 is 0. The summed E-state index contributed by atoms with van der Waals surface area (Å²) in [6, 6.07) is 3.96. The summed E-state index contributed by atoms with van der Waals surface area (Å²) in [5.74, 6) is -2.12. The minimum absolute atomic E-state index is 0.152. The van der Waals surface area contributed by atoms with Crippen LogP contribution >= 0.6 is 0 Å². The van der Waals surface area contributed by atoms with E-state index in [4.69, 9.17) is 10.8 Å². The first-order chi connectivity index (χ1) is 7.36. The molecule has 3 N–H and O–H groups in total. The predicted molar refractivity (Wildman–Crippen MR) is 50.9 cm³/mol. The Kier molecular flexibility index (Phi) is 3.54. The minimum Gasteiger partial charge on any atom is -0.481 e. The second-order valence-electron chi connectivity index (χ2n) is 3.25. The van der Waals surface area contributed by atoms with Gasteiger partial charge in [0.1, 0.15) is 0 Å². The van der Waals surface area contributed by atoms with Gasteiger partial charge in [-0.1, -0.05) is 12.1 Å². The highest BCUT2D eigenvalue weighted by molar-refractivity contribution is 5.76. The highest BCUT2D eigenvalue weighted by atomic mass is 19.4. The van der Waals surface area contributed by atoms with Crippen LogP contribution in [0, 0.1) is 0 Å². The minimum atomic E-state index is -4.42. The molecule has 1 atom stereocenters. The van der Waals surface area contributed by atoms with Crippen LogP contribution in [0.5, 0.6) is 0 Å². The van der Waals surface area contributed by atoms with Gasteiger partial charge in [-0.2, -0.15) is 13.2 Å². The number of alkyl halides is 3. The zero-order chi connectivity index (χ0) is 12.3. The summed E-state index contributed by atoms with van der Waals surface area (Å²) < 4.78 is 36.7. The van der Waals surface area contributed by atoms with Gasteiger partial charge in [0.2, 0.25) is 0 Å². The summed E-state index contributed by atoms with van der Waals surface area (Å²) in [5.41, 5.74) is 4.69. The Labute approximate surface area is 89.7 Å². The number of rotatable bonds is 3. The molecule has 0 aliphatic carbocycles. The highest BCUT2D eigenvalue weighted by Gasteiger charge is 2.30. The quantitative estimate of drug-likeness (QED) is 0.837. The standard InChI is InChI=1S/C10H10F3NO2/c11-10(12,13)7-3-1-6(2-4-7)8(5-14)9(15)16/h1-4,8H,5,14H2,(H,15,16). The van der Waals surface area contributed by atoms with Gasteiger partial charge in [0.15, 0.2) is 0 Å². The van der Waals surface area contributed by atoms with E-state index >= 15 is 0 Å². The molecular weight excluding hydrogens is 223 g/mol. The van der Waals surface area contributed by atoms with E-state index in [0.29, 0.717) is 0 Å². The van der Waals surface area contributed by atoms with Gasteiger partial charge in [-0.25, -0.2) is 0 Å². The molecule has 16 heavy (non-hydrogen) atoms. The Morgan fingerprint density at radius 3 is 2.12 bits per heavy atom. The van der Waals surface area contributed by atoms with Gasteiger partial charge in [-0.15, -0.1) is 0 Å². The van der Waals surface area contributed by atoms with Crippen molar-refractivity contribution in [3.8, 4) is 0 Å². The molecule has 6 heteroatoms. The number of benzene rings is 1. The Morgan fingerprint density at radius 2 is 1.81 bits per heavy atom. The smallest absolute Gasteiger partial charge is 0.416 e. The van der Waals surface area contributed by atoms with E-state index < -0.39 is 23.6 Å². The molecule has 1 aromatic rings. The molecule has 3 nitrogen and oxygen atoms in total. The van der Waals surface area contributed by atoms with Crippen molar-refractivity contribution in [3.63, 3.8) is 0 Å². The van der Waals surface area contributed by atoms with Crippen LogP contribution in [0.2, 0.25) is 0 Å². The van der Waals surface area contributed by atoms with Crippen LogP contribution in [0.3, 0.4) is 0 Å². The average Bonchev–Trinajstić information content (AvgIpc) is 2.17. The van der Waals surface area contributed by atoms with E-state index in [9.17, 15) is 18.0 Å². The fraction of sp³-hybridized carbons (Fsp3) is 0.300. The number of hydrogen-bond acceptors (Lipinski definition) is 2. The molecule has 0 aliphatic rings. The van der Waals surface area contributed by atoms with Crippen molar-refractivity contribution in [2.24, 2.45) is 5.73 Å². The number of carboxylic acids is 1. The molecule has 88 valence electrons. The second-order valence-corrected chi connectivity index (χ2v) is 3.25. The van der Waals surface area contributed by atoms with Gasteiger partial charge < -0.3 is 10.8 Å². The maximum absolute atomic E-state index is 12.2. The molecule has 0 aromatic heterocycles. The maximum Gasteiger partial charge on any atom is 0.416 e. The van der Waals surface area contributed by atoms with Crippen LogP contribution < -0.4 is 5.73 Å². The van der Waals surface area contributed by atoms with Crippen molar-refractivity contribution in [1.82, 2.24) is 0 Å². The van der Waals surface area contributed by atoms with Crippen LogP contribution in [-0.2, 0) is 11.0 Å². The van der Waals surface area contributed by atoms with E-state index in [1.807, 2.05) is 0 Å². The first-order valence-corrected chi connectivity index (χ1v) is 4.46. The summed E-state index contributed by atoms with van der Waals surface area (Å²) in [4.78, 5) is 10.7. The van der Waals surface area contributed by atoms with Gasteiger partial charge in [-0.3, -0.25) is 4.79 Å². The molecule has 0 saturated heterocycles. The first-order valence-electron chi connectivity index (χ1n) is 4.46. The van der Waals surface area contributed by atoms with E-state index in [2.05, 4.69) is 0 Å². The van der Waals surface area contributed by atoms with Gasteiger partial charge in [0.05, 0.1) is 11.5 Å². The van der Waals surface area contributed by atoms with Crippen molar-refractivity contribution < 1.29 is 23.1 Å². The van der Waals surface area contributed by atoms with Crippen LogP contribution in [0.4, 0.5) is 13.2 Å². The number of aliphatic carboxylic acids is 1. The Morgan fingerprint density at radius 1 is 1.31 bits per heavy atom. The molecule has 0 aliphatic heterocycles. The van der Waals surface area contributed by atoms with E-state index in [0.717, 1.165) is 24.3 Å². The van der Waals surface area contributed by atoms with Crippen molar-refractivity contribution in [2.75, 3.05) is 6.54 Å². The molecule has 0 radical (unpaired) electrons. The molecule has 1 unspecified atom stereocenters. The van der Waals surface area contributed by atoms with Gasteiger partial charge in [0.25, 0.3) is 0 Å². The van der Waals surface area contributed by atoms with Crippen molar-refractivity contribution >= 4 is 5.97 Å². The normalized spacial score (nSPS) is 13.5. The van der Waals surface area contributed by atoms with Crippen LogP contribution in [0.1, 0.15) is 17.0 Å². The van der Waals surface area contributed by atoms with Gasteiger partial charge in [0, 0.05) is 6.54 Å². The summed E-state index contributed by atoms with van der Waals surface area (Å²) in [6.45, 7) is -0.152. The lowest BCUT2D eigenvalue weighted by Crippen LogP contribution is -2.21. The third-order valence-corrected chi connectivity index (χ3v) is 2.17. The van der Waals surface area contributed by atoms with Gasteiger partial charge >= 0.3 is 12.1 Å². The molecule has 0 amide bonds. The van der Waals surface area contributed by atoms with Crippen LogP contribution in [0.15, 0.2) is 24.3 Å². The molecule has 0 saturated carbocycles. The molecule has 0 fully saturated rings. The zero-order valence-electron chi connectivity index (χ0n) is 8.16. The van der Waals surface area contributed by atoms with E-state index in [1.54, 1.807) is 0 Å². The Bertz CT molecular complexity index is 373. The predicted octanol–water partition coefficient (Wildman–Crippen LogP) is 1.83. The van der Waals surface area contributed by atoms with Crippen molar-refractivity contribution in [1.29, 1.82) is 0 Å². The largest absolute Gasteiger partial charge is 0.481 e. The highest BCUT2D eigenvalue weighted by Crippen LogP contribution is 2.30. The summed E-state index contributed by atoms with van der Waals surface area (Å²) in [7, 11) is 0. The van der Waals surface area contributed by atoms with E-state index in [1.165, 1.54) is 0 Å². The fourth-order valence-corrected chi connectivity index (χ4v) is 1.28. The first kappa shape index (κ1) is 12.5. The number of hydrogen-bond donors (Lipinski definition) is 2. The number of halogens is 3. The molecule has 0 heterocycles. The van der Waals surface area contributed by atoms with Crippen molar-refractivity contribution in [3.05, 3.63) is 35.4 Å². The maximum atomic E-state index is 12.2. The van der Waals surface area contributed by atoms with Gasteiger partial charge in [-0.05, 0) is 17.7 Å². The lowest BCUT2D eigenvalue weighted by atomic mass is 9.98. The fourth-order valence-electron chi connectivity index (χ4n) is 1.28. The monoisotopic (exact) mass is 233 g/mol. The van der Waals surface area contributed by atoms with Crippen LogP contribution in [0.25, 0.3) is 0 Å². The third kappa shape index (κ3) is 2.73. The lowest BCUT2D eigenvalue weighted by Gasteiger charge is -2.11. The average molecular weight is 233 g/mol. The molecular formula is C10H10F3NO2. The topological polar surface area (TPSA) is 63.3 Å². The van der Waals surface area contributed by atoms with Crippen molar-refractivity contribution in [2.45, 2.75) is 12.1 Å². The second kappa shape index (κ2) is 4.52. The lowest BCUT2D eigenvalue weighted by molar-refractivity contribution is -0.138. The summed E-state index contributed by atoms with van der Waals surface area (Å²) in [5, 5.41) is 8.75. The molecule has 1 rings (SSSR count). The molecule has 0 spiro atoms. The van der Waals surface area contributed by atoms with E-state index in [-0.39, 0.29) is 12.1 Å². The number of carbonyl (C=O) groups is 1. The summed E-state index contributed by atoms with van der Waals surface area (Å²) in [6.07, 6.45) is -4.42. The number of nitrogens with two attached hydrogens (primary N) is 1. The molecule has 1 aromatic carbocycles. The zero-order valence-corrected chi connectivity index (χ0v) is 8.16. The third-order valence-electron chi connectivity index (χ3n) is 2.17.